The Morgan fingerprint density at radius 2 is 1.79 bits per heavy atom. The van der Waals surface area contributed by atoms with E-state index in [9.17, 15) is 19.3 Å². The minimum atomic E-state index is -0.434. The molecule has 0 amide bonds. The van der Waals surface area contributed by atoms with Gasteiger partial charge in [0, 0.05) is 38.7 Å². The van der Waals surface area contributed by atoms with E-state index >= 15 is 0 Å². The third kappa shape index (κ3) is 6.40. The molecule has 2 aromatic carbocycles. The number of aldehydes is 1. The fourth-order valence-electron chi connectivity index (χ4n) is 3.39. The number of halogens is 1. The zero-order valence-electron chi connectivity index (χ0n) is 18.2. The molecular formula is C23H21ClN2O6S2. The van der Waals surface area contributed by atoms with Gasteiger partial charge in [0.2, 0.25) is 0 Å². The van der Waals surface area contributed by atoms with Crippen molar-refractivity contribution >= 4 is 62.3 Å². The van der Waals surface area contributed by atoms with Crippen LogP contribution in [0, 0.1) is 11.8 Å². The highest BCUT2D eigenvalue weighted by Crippen LogP contribution is 2.29. The van der Waals surface area contributed by atoms with Crippen molar-refractivity contribution in [1.29, 1.82) is 0 Å². The molecule has 0 fully saturated rings. The van der Waals surface area contributed by atoms with Gasteiger partial charge in [-0.1, -0.05) is 33.2 Å². The van der Waals surface area contributed by atoms with Crippen LogP contribution in [0.25, 0.3) is 10.9 Å². The molecule has 0 aliphatic heterocycles. The Balaban J connectivity index is 1.76. The maximum absolute atomic E-state index is 13.3. The molecule has 34 heavy (non-hydrogen) atoms. The molecule has 3 aromatic rings. The van der Waals surface area contributed by atoms with E-state index in [2.05, 4.69) is 10.2 Å². The third-order valence-corrected chi connectivity index (χ3v) is 7.52. The van der Waals surface area contributed by atoms with Crippen molar-refractivity contribution in [3.8, 4) is 0 Å². The summed E-state index contributed by atoms with van der Waals surface area (Å²) in [6.07, 6.45) is 0.683. The first-order valence-electron chi connectivity index (χ1n) is 10.2. The Morgan fingerprint density at radius 3 is 2.47 bits per heavy atom. The SMILES string of the molecule is Cc1c(CC(=O)OCCSSCCON=O)c2cc(C=O)ccc2n1C(=O)c1ccc(Cl)cc1. The quantitative estimate of drug-likeness (QED) is 0.0794. The average molecular weight is 521 g/mol. The van der Waals surface area contributed by atoms with E-state index in [1.165, 1.54) is 21.6 Å². The Morgan fingerprint density at radius 1 is 1.09 bits per heavy atom. The van der Waals surface area contributed by atoms with Crippen molar-refractivity contribution < 1.29 is 24.0 Å². The molecule has 0 aliphatic carbocycles. The summed E-state index contributed by atoms with van der Waals surface area (Å²) in [5, 5.41) is 3.49. The zero-order valence-corrected chi connectivity index (χ0v) is 20.6. The summed E-state index contributed by atoms with van der Waals surface area (Å²) in [5.41, 5.74) is 2.72. The van der Waals surface area contributed by atoms with E-state index < -0.39 is 5.97 Å². The molecular weight excluding hydrogens is 500 g/mol. The molecule has 0 bridgehead atoms. The van der Waals surface area contributed by atoms with Gasteiger partial charge in [-0.3, -0.25) is 19.0 Å². The lowest BCUT2D eigenvalue weighted by Crippen LogP contribution is -2.15. The van der Waals surface area contributed by atoms with Crippen LogP contribution >= 0.6 is 33.2 Å². The lowest BCUT2D eigenvalue weighted by molar-refractivity contribution is -0.142. The third-order valence-electron chi connectivity index (χ3n) is 4.93. The standard InChI is InChI=1S/C23H21ClN2O6S2/c1-15-19(13-22(28)31-8-10-33-34-11-9-32-25-30)20-12-16(14-27)2-7-21(20)26(15)23(29)17-3-5-18(24)6-4-17/h2-7,12,14H,8-11,13H2,1H3. The number of benzene rings is 2. The van der Waals surface area contributed by atoms with Crippen LogP contribution in [0.5, 0.6) is 0 Å². The highest BCUT2D eigenvalue weighted by atomic mass is 35.5. The summed E-state index contributed by atoms with van der Waals surface area (Å²) in [7, 11) is 2.97. The molecule has 0 aliphatic rings. The number of carbonyl (C=O) groups excluding carboxylic acids is 3. The lowest BCUT2D eigenvalue weighted by Gasteiger charge is -2.08. The molecule has 1 heterocycles. The Labute approximate surface area is 208 Å². The molecule has 0 saturated heterocycles. The number of ether oxygens (including phenoxy) is 1. The predicted molar refractivity (Wildman–Crippen MR) is 135 cm³/mol. The molecule has 1 aromatic heterocycles. The summed E-state index contributed by atoms with van der Waals surface area (Å²) >= 11 is 5.95. The first-order valence-corrected chi connectivity index (χ1v) is 13.1. The highest BCUT2D eigenvalue weighted by Gasteiger charge is 2.22. The van der Waals surface area contributed by atoms with E-state index in [1.54, 1.807) is 54.0 Å². The van der Waals surface area contributed by atoms with Gasteiger partial charge in [-0.2, -0.15) is 0 Å². The van der Waals surface area contributed by atoms with E-state index in [4.69, 9.17) is 16.3 Å². The van der Waals surface area contributed by atoms with Crippen molar-refractivity contribution in [2.24, 2.45) is 5.34 Å². The minimum Gasteiger partial charge on any atom is -0.465 e. The number of nitrogens with zero attached hydrogens (tertiary/aromatic N) is 2. The first kappa shape index (κ1) is 25.8. The number of hydrogen-bond donors (Lipinski definition) is 0. The average Bonchev–Trinajstić information content (AvgIpc) is 3.11. The smallest absolute Gasteiger partial charge is 0.310 e. The van der Waals surface area contributed by atoms with E-state index in [0.29, 0.717) is 49.8 Å². The van der Waals surface area contributed by atoms with Crippen LogP contribution in [0.4, 0.5) is 0 Å². The summed E-state index contributed by atoms with van der Waals surface area (Å²) in [5.74, 6) is 0.455. The van der Waals surface area contributed by atoms with Crippen LogP contribution in [0.2, 0.25) is 5.02 Å². The van der Waals surface area contributed by atoms with Crippen molar-refractivity contribution in [2.75, 3.05) is 24.7 Å². The fraction of sp³-hybridized carbons (Fsp3) is 0.261. The zero-order chi connectivity index (χ0) is 24.5. The highest BCUT2D eigenvalue weighted by molar-refractivity contribution is 8.76. The molecule has 3 rings (SSSR count). The van der Waals surface area contributed by atoms with Crippen LogP contribution in [0.15, 0.2) is 47.8 Å². The van der Waals surface area contributed by atoms with Gasteiger partial charge in [0.05, 0.1) is 11.9 Å². The molecule has 8 nitrogen and oxygen atoms in total. The number of carbonyl (C=O) groups is 3. The van der Waals surface area contributed by atoms with Crippen molar-refractivity contribution in [3.05, 3.63) is 74.8 Å². The Hall–Kier alpha value is -2.82. The first-order chi connectivity index (χ1) is 16.5. The molecule has 0 atom stereocenters. The fourth-order valence-corrected chi connectivity index (χ4v) is 5.16. The molecule has 0 saturated carbocycles. The number of aromatic nitrogens is 1. The van der Waals surface area contributed by atoms with Gasteiger partial charge in [-0.15, -0.1) is 4.91 Å². The Bertz CT molecular complexity index is 1200. The molecule has 0 unspecified atom stereocenters. The van der Waals surface area contributed by atoms with Gasteiger partial charge < -0.3 is 9.57 Å². The largest absolute Gasteiger partial charge is 0.465 e. The van der Waals surface area contributed by atoms with Crippen LogP contribution in [-0.4, -0.2) is 47.4 Å². The number of fused-ring (bicyclic) bond motifs is 1. The second-order valence-corrected chi connectivity index (χ2v) is 10.2. The van der Waals surface area contributed by atoms with Crippen molar-refractivity contribution in [2.45, 2.75) is 13.3 Å². The maximum Gasteiger partial charge on any atom is 0.310 e. The summed E-state index contributed by atoms with van der Waals surface area (Å²) in [6.45, 7) is 2.20. The summed E-state index contributed by atoms with van der Waals surface area (Å²) in [6, 6.07) is 11.6. The minimum absolute atomic E-state index is 0.0395. The van der Waals surface area contributed by atoms with Crippen molar-refractivity contribution in [3.63, 3.8) is 0 Å². The molecule has 0 N–H and O–H groups in total. The van der Waals surface area contributed by atoms with E-state index in [1.807, 2.05) is 0 Å². The van der Waals surface area contributed by atoms with Crippen LogP contribution in [0.3, 0.4) is 0 Å². The van der Waals surface area contributed by atoms with Crippen molar-refractivity contribution in [1.82, 2.24) is 4.57 Å². The van der Waals surface area contributed by atoms with Gasteiger partial charge >= 0.3 is 5.97 Å². The lowest BCUT2D eigenvalue weighted by atomic mass is 10.1. The second-order valence-electron chi connectivity index (χ2n) is 7.05. The molecule has 0 spiro atoms. The van der Waals surface area contributed by atoms with E-state index in [-0.39, 0.29) is 25.5 Å². The van der Waals surface area contributed by atoms with E-state index in [0.717, 1.165) is 6.29 Å². The van der Waals surface area contributed by atoms with Gasteiger partial charge in [0.15, 0.2) is 5.34 Å². The second kappa shape index (κ2) is 12.6. The van der Waals surface area contributed by atoms with Gasteiger partial charge in [0.25, 0.3) is 5.91 Å². The maximum atomic E-state index is 13.3. The summed E-state index contributed by atoms with van der Waals surface area (Å²) in [4.78, 5) is 51.4. The van der Waals surface area contributed by atoms with Gasteiger partial charge in [-0.25, -0.2) is 0 Å². The van der Waals surface area contributed by atoms with Crippen LogP contribution < -0.4 is 0 Å². The van der Waals surface area contributed by atoms with Crippen LogP contribution in [-0.2, 0) is 20.8 Å². The summed E-state index contributed by atoms with van der Waals surface area (Å²) < 4.78 is 6.89. The number of rotatable bonds is 12. The predicted octanol–water partition coefficient (Wildman–Crippen LogP) is 5.27. The monoisotopic (exact) mass is 520 g/mol. The van der Waals surface area contributed by atoms with Crippen LogP contribution in [0.1, 0.15) is 32.0 Å². The number of hydrogen-bond acceptors (Lipinski definition) is 9. The normalized spacial score (nSPS) is 10.8. The van der Waals surface area contributed by atoms with Gasteiger partial charge in [0.1, 0.15) is 19.5 Å². The number of esters is 1. The molecule has 0 radical (unpaired) electrons. The molecule has 11 heteroatoms. The molecule has 178 valence electrons. The van der Waals surface area contributed by atoms with Gasteiger partial charge in [-0.05, 0) is 55.0 Å². The Kier molecular flexibility index (Phi) is 9.55. The topological polar surface area (TPSA) is 104 Å².